The summed E-state index contributed by atoms with van der Waals surface area (Å²) in [6, 6.07) is 8.41. The number of anilines is 1. The molecule has 1 heterocycles. The van der Waals surface area contributed by atoms with E-state index in [0.717, 1.165) is 6.07 Å². The van der Waals surface area contributed by atoms with Gasteiger partial charge in [0.15, 0.2) is 17.5 Å². The molecule has 3 aromatic rings. The summed E-state index contributed by atoms with van der Waals surface area (Å²) < 4.78 is 40.8. The van der Waals surface area contributed by atoms with Crippen molar-refractivity contribution in [2.24, 2.45) is 0 Å². The summed E-state index contributed by atoms with van der Waals surface area (Å²) >= 11 is 0. The molecule has 0 radical (unpaired) electrons. The van der Waals surface area contributed by atoms with E-state index in [1.165, 1.54) is 10.9 Å². The summed E-state index contributed by atoms with van der Waals surface area (Å²) in [7, 11) is 0. The molecule has 0 atom stereocenters. The minimum Gasteiger partial charge on any atom is -0.323 e. The van der Waals surface area contributed by atoms with Gasteiger partial charge in [-0.05, 0) is 24.3 Å². The fraction of sp³-hybridized carbons (Fsp3) is 0.118. The van der Waals surface area contributed by atoms with Gasteiger partial charge in [-0.2, -0.15) is 0 Å². The van der Waals surface area contributed by atoms with Crippen LogP contribution in [0.25, 0.3) is 10.9 Å². The minimum absolute atomic E-state index is 0.00773. The summed E-state index contributed by atoms with van der Waals surface area (Å²) in [6.07, 6.45) is 1.15. The molecule has 1 amide bonds. The largest absolute Gasteiger partial charge is 0.323 e. The molecule has 128 valence electrons. The Morgan fingerprint density at radius 1 is 1.08 bits per heavy atom. The van der Waals surface area contributed by atoms with Crippen molar-refractivity contribution in [3.8, 4) is 0 Å². The molecule has 0 unspecified atom stereocenters. The number of nitrogens with zero attached hydrogens (tertiary/aromatic N) is 2. The maximum absolute atomic E-state index is 13.5. The van der Waals surface area contributed by atoms with Crippen LogP contribution in [-0.4, -0.2) is 15.5 Å². The van der Waals surface area contributed by atoms with Crippen molar-refractivity contribution < 1.29 is 18.0 Å². The molecule has 1 N–H and O–H groups in total. The first-order valence-electron chi connectivity index (χ1n) is 7.35. The highest BCUT2D eigenvalue weighted by atomic mass is 19.2. The molecule has 2 aromatic carbocycles. The molecule has 0 bridgehead atoms. The lowest BCUT2D eigenvalue weighted by atomic mass is 10.2. The van der Waals surface area contributed by atoms with Crippen molar-refractivity contribution in [2.45, 2.75) is 13.0 Å². The van der Waals surface area contributed by atoms with E-state index in [4.69, 9.17) is 0 Å². The number of fused-ring (bicyclic) bond motifs is 1. The number of halogens is 3. The molecule has 8 heteroatoms. The van der Waals surface area contributed by atoms with E-state index in [1.54, 1.807) is 24.3 Å². The van der Waals surface area contributed by atoms with E-state index < -0.39 is 29.0 Å². The van der Waals surface area contributed by atoms with E-state index in [9.17, 15) is 22.8 Å². The molecule has 0 saturated heterocycles. The Labute approximate surface area is 139 Å². The quantitative estimate of drug-likeness (QED) is 0.738. The summed E-state index contributed by atoms with van der Waals surface area (Å²) in [4.78, 5) is 28.3. The third-order valence-electron chi connectivity index (χ3n) is 3.62. The number of nitrogens with one attached hydrogen (secondary N) is 1. The number of carbonyl (C=O) groups is 1. The van der Waals surface area contributed by atoms with Crippen LogP contribution in [0.3, 0.4) is 0 Å². The molecule has 5 nitrogen and oxygen atoms in total. The van der Waals surface area contributed by atoms with Crippen LogP contribution in [0.15, 0.2) is 47.5 Å². The van der Waals surface area contributed by atoms with Crippen LogP contribution < -0.4 is 10.9 Å². The summed E-state index contributed by atoms with van der Waals surface area (Å²) in [6.45, 7) is 0.00773. The van der Waals surface area contributed by atoms with Crippen molar-refractivity contribution in [3.63, 3.8) is 0 Å². The van der Waals surface area contributed by atoms with Gasteiger partial charge in [-0.25, -0.2) is 18.2 Å². The second-order valence-corrected chi connectivity index (χ2v) is 5.28. The SMILES string of the molecule is O=C(CCn1cnc2ccccc2c1=O)Nc1ccc(F)c(F)c1F. The first-order chi connectivity index (χ1) is 12.0. The third-order valence-corrected chi connectivity index (χ3v) is 3.62. The van der Waals surface area contributed by atoms with Crippen molar-refractivity contribution in [2.75, 3.05) is 5.32 Å². The van der Waals surface area contributed by atoms with Crippen molar-refractivity contribution >= 4 is 22.5 Å². The Bertz CT molecular complexity index is 1020. The Hall–Kier alpha value is -3.16. The lowest BCUT2D eigenvalue weighted by Gasteiger charge is -2.09. The first kappa shape index (κ1) is 16.7. The van der Waals surface area contributed by atoms with E-state index in [1.807, 2.05) is 0 Å². The standard InChI is InChI=1S/C17H12F3N3O2/c18-11-5-6-13(16(20)15(11)19)22-14(24)7-8-23-9-21-12-4-2-1-3-10(12)17(23)25/h1-6,9H,7-8H2,(H,22,24). The summed E-state index contributed by atoms with van der Waals surface area (Å²) in [5, 5.41) is 2.56. The second kappa shape index (κ2) is 6.76. The van der Waals surface area contributed by atoms with Gasteiger partial charge in [0.25, 0.3) is 5.56 Å². The smallest absolute Gasteiger partial charge is 0.261 e. The molecule has 25 heavy (non-hydrogen) atoms. The predicted octanol–water partition coefficient (Wildman–Crippen LogP) is 2.84. The fourth-order valence-corrected chi connectivity index (χ4v) is 2.32. The van der Waals surface area contributed by atoms with Gasteiger partial charge in [0.05, 0.1) is 22.9 Å². The highest BCUT2D eigenvalue weighted by molar-refractivity contribution is 5.90. The van der Waals surface area contributed by atoms with Gasteiger partial charge in [0, 0.05) is 13.0 Å². The monoisotopic (exact) mass is 347 g/mol. The van der Waals surface area contributed by atoms with Gasteiger partial charge in [-0.15, -0.1) is 0 Å². The predicted molar refractivity (Wildman–Crippen MR) is 85.6 cm³/mol. The van der Waals surface area contributed by atoms with Gasteiger partial charge >= 0.3 is 0 Å². The van der Waals surface area contributed by atoms with Gasteiger partial charge < -0.3 is 5.32 Å². The normalized spacial score (nSPS) is 10.8. The van der Waals surface area contributed by atoms with Gasteiger partial charge in [-0.3, -0.25) is 14.2 Å². The molecule has 0 fully saturated rings. The number of hydrogen-bond acceptors (Lipinski definition) is 3. The highest BCUT2D eigenvalue weighted by Crippen LogP contribution is 2.19. The zero-order valence-corrected chi connectivity index (χ0v) is 12.8. The molecular formula is C17H12F3N3O2. The lowest BCUT2D eigenvalue weighted by molar-refractivity contribution is -0.116. The van der Waals surface area contributed by atoms with Crippen molar-refractivity contribution in [3.05, 3.63) is 70.5 Å². The average Bonchev–Trinajstić information content (AvgIpc) is 2.62. The number of aromatic nitrogens is 2. The molecule has 0 saturated carbocycles. The lowest BCUT2D eigenvalue weighted by Crippen LogP contribution is -2.24. The van der Waals surface area contributed by atoms with E-state index in [0.29, 0.717) is 17.0 Å². The average molecular weight is 347 g/mol. The molecule has 0 aliphatic carbocycles. The summed E-state index contributed by atoms with van der Waals surface area (Å²) in [5.74, 6) is -5.13. The van der Waals surface area contributed by atoms with E-state index in [2.05, 4.69) is 10.3 Å². The van der Waals surface area contributed by atoms with Crippen LogP contribution in [0.2, 0.25) is 0 Å². The number of amides is 1. The van der Waals surface area contributed by atoms with Crippen LogP contribution in [0.5, 0.6) is 0 Å². The molecular weight excluding hydrogens is 335 g/mol. The number of aryl methyl sites for hydroxylation is 1. The molecule has 1 aromatic heterocycles. The van der Waals surface area contributed by atoms with Crippen LogP contribution in [-0.2, 0) is 11.3 Å². The van der Waals surface area contributed by atoms with Crippen molar-refractivity contribution in [1.29, 1.82) is 0 Å². The maximum atomic E-state index is 13.5. The number of benzene rings is 2. The fourth-order valence-electron chi connectivity index (χ4n) is 2.32. The number of para-hydroxylation sites is 1. The van der Waals surface area contributed by atoms with E-state index >= 15 is 0 Å². The first-order valence-corrected chi connectivity index (χ1v) is 7.35. The Morgan fingerprint density at radius 2 is 1.84 bits per heavy atom. The van der Waals surface area contributed by atoms with Crippen LogP contribution in [0, 0.1) is 17.5 Å². The number of carbonyl (C=O) groups excluding carboxylic acids is 1. The molecule has 0 aliphatic rings. The van der Waals surface area contributed by atoms with Crippen LogP contribution in [0.4, 0.5) is 18.9 Å². The zero-order chi connectivity index (χ0) is 18.0. The zero-order valence-electron chi connectivity index (χ0n) is 12.8. The molecule has 0 aliphatic heterocycles. The Kier molecular flexibility index (Phi) is 4.51. The van der Waals surface area contributed by atoms with Gasteiger partial charge in [0.2, 0.25) is 5.91 Å². The van der Waals surface area contributed by atoms with Crippen LogP contribution >= 0.6 is 0 Å². The Morgan fingerprint density at radius 3 is 2.64 bits per heavy atom. The number of rotatable bonds is 4. The second-order valence-electron chi connectivity index (χ2n) is 5.28. The van der Waals surface area contributed by atoms with Gasteiger partial charge in [-0.1, -0.05) is 12.1 Å². The molecule has 0 spiro atoms. The highest BCUT2D eigenvalue weighted by Gasteiger charge is 2.15. The maximum Gasteiger partial charge on any atom is 0.261 e. The summed E-state index contributed by atoms with van der Waals surface area (Å²) in [5.41, 5.74) is -0.234. The third kappa shape index (κ3) is 3.37. The van der Waals surface area contributed by atoms with Crippen molar-refractivity contribution in [1.82, 2.24) is 9.55 Å². The Balaban J connectivity index is 1.72. The van der Waals surface area contributed by atoms with E-state index in [-0.39, 0.29) is 18.5 Å². The minimum atomic E-state index is -1.66. The van der Waals surface area contributed by atoms with Gasteiger partial charge in [0.1, 0.15) is 0 Å². The number of hydrogen-bond donors (Lipinski definition) is 1. The molecule has 3 rings (SSSR count). The topological polar surface area (TPSA) is 64.0 Å². The van der Waals surface area contributed by atoms with Crippen LogP contribution in [0.1, 0.15) is 6.42 Å².